The Morgan fingerprint density at radius 3 is 2.50 bits per heavy atom. The molecular weight excluding hydrogens is 296 g/mol. The second-order valence-electron chi connectivity index (χ2n) is 6.23. The number of hydrazone groups is 1. The van der Waals surface area contributed by atoms with Gasteiger partial charge in [0.2, 0.25) is 5.91 Å². The monoisotopic (exact) mass is 324 g/mol. The molecule has 1 amide bonds. The quantitative estimate of drug-likeness (QED) is 0.353. The Bertz CT molecular complexity index is 658. The van der Waals surface area contributed by atoms with E-state index < -0.39 is 0 Å². The highest BCUT2D eigenvalue weighted by Crippen LogP contribution is 2.16. The molecule has 0 heterocycles. The zero-order chi connectivity index (χ0) is 17.0. The Morgan fingerprint density at radius 2 is 1.67 bits per heavy atom. The Morgan fingerprint density at radius 1 is 0.958 bits per heavy atom. The molecule has 0 saturated heterocycles. The lowest BCUT2D eigenvalue weighted by molar-refractivity contribution is -0.121. The summed E-state index contributed by atoms with van der Waals surface area (Å²) in [6.45, 7) is 2.23. The van der Waals surface area contributed by atoms with Crippen LogP contribution in [0.2, 0.25) is 0 Å². The summed E-state index contributed by atoms with van der Waals surface area (Å²) >= 11 is 0. The van der Waals surface area contributed by atoms with Gasteiger partial charge in [0.15, 0.2) is 0 Å². The van der Waals surface area contributed by atoms with Crippen LogP contribution >= 0.6 is 0 Å². The van der Waals surface area contributed by atoms with Crippen LogP contribution in [-0.2, 0) is 4.79 Å². The van der Waals surface area contributed by atoms with Crippen molar-refractivity contribution < 1.29 is 4.79 Å². The average Bonchev–Trinajstić information content (AvgIpc) is 2.61. The van der Waals surface area contributed by atoms with Crippen molar-refractivity contribution in [2.45, 2.75) is 58.3 Å². The minimum atomic E-state index is 0.0000415. The van der Waals surface area contributed by atoms with Gasteiger partial charge in [0.1, 0.15) is 0 Å². The number of amides is 1. The standard InChI is InChI=1S/C21H28N2O/c1-2-3-4-5-6-7-8-16-21(24)23-22-17-19-14-11-13-18-12-9-10-15-20(18)19/h9-15,17H,2-8,16H2,1H3,(H,23,24)/b22-17-. The van der Waals surface area contributed by atoms with Crippen molar-refractivity contribution in [3.05, 3.63) is 48.0 Å². The summed E-state index contributed by atoms with van der Waals surface area (Å²) in [5.41, 5.74) is 3.66. The van der Waals surface area contributed by atoms with Crippen LogP contribution in [0, 0.1) is 0 Å². The fourth-order valence-electron chi connectivity index (χ4n) is 2.84. The number of unbranched alkanes of at least 4 members (excludes halogenated alkanes) is 6. The van der Waals surface area contributed by atoms with Crippen LogP contribution in [-0.4, -0.2) is 12.1 Å². The van der Waals surface area contributed by atoms with E-state index >= 15 is 0 Å². The molecule has 2 rings (SSSR count). The minimum Gasteiger partial charge on any atom is -0.273 e. The third-order valence-corrected chi connectivity index (χ3v) is 4.22. The van der Waals surface area contributed by atoms with E-state index in [9.17, 15) is 4.79 Å². The van der Waals surface area contributed by atoms with Crippen LogP contribution in [0.1, 0.15) is 63.9 Å². The molecule has 3 heteroatoms. The van der Waals surface area contributed by atoms with Crippen LogP contribution in [0.4, 0.5) is 0 Å². The summed E-state index contributed by atoms with van der Waals surface area (Å²) in [6, 6.07) is 14.3. The summed E-state index contributed by atoms with van der Waals surface area (Å²) in [6.07, 6.45) is 10.8. The van der Waals surface area contributed by atoms with Gasteiger partial charge in [0.25, 0.3) is 0 Å². The third-order valence-electron chi connectivity index (χ3n) is 4.22. The number of hydrogen-bond acceptors (Lipinski definition) is 2. The zero-order valence-corrected chi connectivity index (χ0v) is 14.6. The molecule has 0 bridgehead atoms. The number of carbonyl (C=O) groups excluding carboxylic acids is 1. The second kappa shape index (κ2) is 10.6. The van der Waals surface area contributed by atoms with Gasteiger partial charge in [-0.15, -0.1) is 0 Å². The Kier molecular flexibility index (Phi) is 8.02. The predicted octanol–water partition coefficient (Wildman–Crippen LogP) is 5.43. The number of nitrogens with one attached hydrogen (secondary N) is 1. The maximum atomic E-state index is 11.8. The number of nitrogens with zero attached hydrogens (tertiary/aromatic N) is 1. The van der Waals surface area contributed by atoms with E-state index in [2.05, 4.69) is 35.7 Å². The maximum absolute atomic E-state index is 11.8. The molecule has 0 aliphatic rings. The molecule has 0 saturated carbocycles. The number of benzene rings is 2. The maximum Gasteiger partial charge on any atom is 0.240 e. The van der Waals surface area contributed by atoms with Crippen molar-refractivity contribution in [2.24, 2.45) is 5.10 Å². The van der Waals surface area contributed by atoms with Crippen LogP contribution in [0.3, 0.4) is 0 Å². The molecule has 2 aromatic rings. The van der Waals surface area contributed by atoms with Crippen molar-refractivity contribution in [1.82, 2.24) is 5.43 Å². The fourth-order valence-corrected chi connectivity index (χ4v) is 2.84. The molecule has 0 aromatic heterocycles. The molecule has 128 valence electrons. The van der Waals surface area contributed by atoms with Gasteiger partial charge >= 0.3 is 0 Å². The topological polar surface area (TPSA) is 41.5 Å². The first-order valence-corrected chi connectivity index (χ1v) is 9.11. The van der Waals surface area contributed by atoms with Gasteiger partial charge in [-0.2, -0.15) is 5.10 Å². The van der Waals surface area contributed by atoms with Gasteiger partial charge in [-0.3, -0.25) is 4.79 Å². The Labute approximate surface area is 145 Å². The normalized spacial score (nSPS) is 11.2. The van der Waals surface area contributed by atoms with Gasteiger partial charge < -0.3 is 0 Å². The average molecular weight is 324 g/mol. The second-order valence-corrected chi connectivity index (χ2v) is 6.23. The van der Waals surface area contributed by atoms with Crippen LogP contribution in [0.5, 0.6) is 0 Å². The molecule has 0 spiro atoms. The van der Waals surface area contributed by atoms with Crippen LogP contribution < -0.4 is 5.43 Å². The molecule has 0 radical (unpaired) electrons. The molecule has 0 atom stereocenters. The number of rotatable bonds is 10. The summed E-state index contributed by atoms with van der Waals surface area (Å²) in [4.78, 5) is 11.8. The van der Waals surface area contributed by atoms with Gasteiger partial charge in [0, 0.05) is 12.0 Å². The summed E-state index contributed by atoms with van der Waals surface area (Å²) in [5.74, 6) is 0.0000415. The molecular formula is C21H28N2O. The third kappa shape index (κ3) is 6.15. The van der Waals surface area contributed by atoms with E-state index in [1.54, 1.807) is 6.21 Å². The molecule has 3 nitrogen and oxygen atoms in total. The van der Waals surface area contributed by atoms with Crippen molar-refractivity contribution >= 4 is 22.9 Å². The predicted molar refractivity (Wildman–Crippen MR) is 102 cm³/mol. The van der Waals surface area contributed by atoms with E-state index in [4.69, 9.17) is 0 Å². The zero-order valence-electron chi connectivity index (χ0n) is 14.6. The van der Waals surface area contributed by atoms with E-state index in [0.717, 1.165) is 23.8 Å². The van der Waals surface area contributed by atoms with E-state index in [0.29, 0.717) is 6.42 Å². The number of hydrogen-bond donors (Lipinski definition) is 1. The van der Waals surface area contributed by atoms with Crippen molar-refractivity contribution in [1.29, 1.82) is 0 Å². The van der Waals surface area contributed by atoms with E-state index in [1.165, 1.54) is 37.5 Å². The van der Waals surface area contributed by atoms with E-state index in [1.807, 2.05) is 24.3 Å². The largest absolute Gasteiger partial charge is 0.273 e. The summed E-state index contributed by atoms with van der Waals surface area (Å²) < 4.78 is 0. The highest BCUT2D eigenvalue weighted by molar-refractivity contribution is 5.99. The van der Waals surface area contributed by atoms with Gasteiger partial charge in [-0.05, 0) is 17.2 Å². The molecule has 0 unspecified atom stereocenters. The van der Waals surface area contributed by atoms with Crippen LogP contribution in [0.25, 0.3) is 10.8 Å². The first-order valence-electron chi connectivity index (χ1n) is 9.11. The summed E-state index contributed by atoms with van der Waals surface area (Å²) in [7, 11) is 0. The summed E-state index contributed by atoms with van der Waals surface area (Å²) in [5, 5.41) is 6.43. The lowest BCUT2D eigenvalue weighted by Gasteiger charge is -2.02. The van der Waals surface area contributed by atoms with Crippen molar-refractivity contribution in [2.75, 3.05) is 0 Å². The highest BCUT2D eigenvalue weighted by Gasteiger charge is 2.00. The molecule has 0 aliphatic heterocycles. The molecule has 1 N–H and O–H groups in total. The fraction of sp³-hybridized carbons (Fsp3) is 0.429. The van der Waals surface area contributed by atoms with Crippen LogP contribution in [0.15, 0.2) is 47.6 Å². The lowest BCUT2D eigenvalue weighted by atomic mass is 10.1. The van der Waals surface area contributed by atoms with Gasteiger partial charge in [-0.1, -0.05) is 87.9 Å². The number of carbonyl (C=O) groups is 1. The van der Waals surface area contributed by atoms with Gasteiger partial charge in [-0.25, -0.2) is 5.43 Å². The number of fused-ring (bicyclic) bond motifs is 1. The Balaban J connectivity index is 1.70. The smallest absolute Gasteiger partial charge is 0.240 e. The highest BCUT2D eigenvalue weighted by atomic mass is 16.2. The molecule has 24 heavy (non-hydrogen) atoms. The van der Waals surface area contributed by atoms with Gasteiger partial charge in [0.05, 0.1) is 6.21 Å². The SMILES string of the molecule is CCCCCCCCCC(=O)N/N=C\c1cccc2ccccc12. The lowest BCUT2D eigenvalue weighted by Crippen LogP contribution is -2.16. The minimum absolute atomic E-state index is 0.0000415. The van der Waals surface area contributed by atoms with Crippen molar-refractivity contribution in [3.63, 3.8) is 0 Å². The molecule has 0 aliphatic carbocycles. The molecule has 2 aromatic carbocycles. The Hall–Kier alpha value is -2.16. The van der Waals surface area contributed by atoms with Crippen molar-refractivity contribution in [3.8, 4) is 0 Å². The molecule has 0 fully saturated rings. The van der Waals surface area contributed by atoms with E-state index in [-0.39, 0.29) is 5.91 Å². The first-order chi connectivity index (χ1) is 11.8. The first kappa shape index (κ1) is 18.2.